The minimum Gasteiger partial charge on any atom is -0.372 e. The van der Waals surface area contributed by atoms with Gasteiger partial charge >= 0.3 is 0 Å². The number of carbonyl (C=O) groups is 1. The van der Waals surface area contributed by atoms with E-state index in [9.17, 15) is 9.90 Å². The molecular formula is C13H14O2S. The van der Waals surface area contributed by atoms with Crippen LogP contribution in [0.1, 0.15) is 19.4 Å². The normalized spacial score (nSPS) is 24.6. The molecule has 0 amide bonds. The van der Waals surface area contributed by atoms with Crippen LogP contribution in [0.2, 0.25) is 0 Å². The third kappa shape index (κ3) is 1.43. The van der Waals surface area contributed by atoms with Gasteiger partial charge in [-0.1, -0.05) is 37.3 Å². The topological polar surface area (TPSA) is 37.3 Å². The zero-order valence-corrected chi connectivity index (χ0v) is 10.2. The predicted octanol–water partition coefficient (Wildman–Crippen LogP) is 2.48. The lowest BCUT2D eigenvalue weighted by atomic mass is 9.75. The number of thioether (sulfide) groups is 1. The third-order valence-electron chi connectivity index (χ3n) is 2.82. The molecule has 0 saturated heterocycles. The molecule has 2 nitrogen and oxygen atoms in total. The quantitative estimate of drug-likeness (QED) is 0.873. The first-order valence-electron chi connectivity index (χ1n) is 5.29. The first kappa shape index (κ1) is 11.4. The van der Waals surface area contributed by atoms with Gasteiger partial charge in [0, 0.05) is 10.5 Å². The van der Waals surface area contributed by atoms with E-state index in [1.807, 2.05) is 25.1 Å². The molecule has 16 heavy (non-hydrogen) atoms. The van der Waals surface area contributed by atoms with Crippen molar-refractivity contribution in [3.05, 3.63) is 46.4 Å². The van der Waals surface area contributed by atoms with Gasteiger partial charge in [0.15, 0.2) is 5.60 Å². The summed E-state index contributed by atoms with van der Waals surface area (Å²) in [6, 6.07) is 9.13. The minimum atomic E-state index is -1.38. The van der Waals surface area contributed by atoms with E-state index in [0.717, 1.165) is 10.7 Å². The molecule has 1 unspecified atom stereocenters. The Bertz CT molecular complexity index is 450. The van der Waals surface area contributed by atoms with Crippen LogP contribution in [0, 0.1) is 0 Å². The van der Waals surface area contributed by atoms with Gasteiger partial charge in [0.05, 0.1) is 0 Å². The summed E-state index contributed by atoms with van der Waals surface area (Å²) >= 11 is 1.54. The van der Waals surface area contributed by atoms with Gasteiger partial charge in [-0.05, 0) is 18.2 Å². The molecule has 84 valence electrons. The van der Waals surface area contributed by atoms with E-state index in [1.54, 1.807) is 30.8 Å². The molecule has 0 aromatic heterocycles. The number of aliphatic hydroxyl groups is 1. The van der Waals surface area contributed by atoms with Crippen molar-refractivity contribution >= 4 is 17.5 Å². The summed E-state index contributed by atoms with van der Waals surface area (Å²) in [5.41, 5.74) is -0.0220. The predicted molar refractivity (Wildman–Crippen MR) is 66.2 cm³/mol. The van der Waals surface area contributed by atoms with E-state index >= 15 is 0 Å². The second kappa shape index (κ2) is 4.07. The fraction of sp³-hybridized carbons (Fsp3) is 0.308. The van der Waals surface area contributed by atoms with Crippen LogP contribution in [-0.2, 0) is 10.4 Å². The van der Waals surface area contributed by atoms with E-state index in [4.69, 9.17) is 0 Å². The molecule has 0 saturated carbocycles. The Balaban J connectivity index is 2.45. The molecule has 0 fully saturated rings. The molecule has 2 rings (SSSR count). The number of Topliss-reactive ketones (excluding diaryl/α,β-unsaturated/α-hetero) is 1. The van der Waals surface area contributed by atoms with Gasteiger partial charge in [0.2, 0.25) is 5.78 Å². The number of carbonyl (C=O) groups excluding carboxylic acids is 1. The molecular weight excluding hydrogens is 220 g/mol. The summed E-state index contributed by atoms with van der Waals surface area (Å²) in [6.07, 6.45) is 0. The van der Waals surface area contributed by atoms with Crippen molar-refractivity contribution in [2.45, 2.75) is 19.4 Å². The van der Waals surface area contributed by atoms with E-state index in [-0.39, 0.29) is 5.78 Å². The fourth-order valence-electron chi connectivity index (χ4n) is 1.99. The van der Waals surface area contributed by atoms with Gasteiger partial charge in [-0.3, -0.25) is 4.79 Å². The largest absolute Gasteiger partial charge is 0.372 e. The van der Waals surface area contributed by atoms with E-state index < -0.39 is 5.60 Å². The summed E-state index contributed by atoms with van der Waals surface area (Å²) in [5, 5.41) is 10.5. The lowest BCUT2D eigenvalue weighted by Gasteiger charge is -2.38. The maximum Gasteiger partial charge on any atom is 0.200 e. The Morgan fingerprint density at radius 3 is 2.50 bits per heavy atom. The zero-order valence-electron chi connectivity index (χ0n) is 9.36. The van der Waals surface area contributed by atoms with Gasteiger partial charge in [-0.2, -0.15) is 0 Å². The van der Waals surface area contributed by atoms with Crippen LogP contribution < -0.4 is 0 Å². The van der Waals surface area contributed by atoms with Crippen LogP contribution in [0.4, 0.5) is 0 Å². The Morgan fingerprint density at radius 2 is 1.94 bits per heavy atom. The van der Waals surface area contributed by atoms with Crippen molar-refractivity contribution in [1.82, 2.24) is 0 Å². The molecule has 0 aliphatic heterocycles. The number of hydrogen-bond donors (Lipinski definition) is 1. The van der Waals surface area contributed by atoms with Gasteiger partial charge in [-0.15, -0.1) is 11.8 Å². The highest BCUT2D eigenvalue weighted by atomic mass is 32.2. The maximum absolute atomic E-state index is 11.8. The number of benzene rings is 1. The maximum atomic E-state index is 11.8. The average Bonchev–Trinajstić information content (AvgIpc) is 2.35. The number of ketones is 1. The number of rotatable bonds is 3. The van der Waals surface area contributed by atoms with Crippen molar-refractivity contribution in [2.24, 2.45) is 0 Å². The summed E-state index contributed by atoms with van der Waals surface area (Å²) in [5.74, 6) is 0.685. The number of hydrogen-bond acceptors (Lipinski definition) is 3. The second-order valence-electron chi connectivity index (χ2n) is 3.79. The Morgan fingerprint density at radius 1 is 1.31 bits per heavy atom. The molecule has 1 aromatic carbocycles. The highest BCUT2D eigenvalue weighted by molar-refractivity contribution is 8.03. The smallest absolute Gasteiger partial charge is 0.200 e. The van der Waals surface area contributed by atoms with Crippen molar-refractivity contribution in [3.63, 3.8) is 0 Å². The molecule has 1 atom stereocenters. The summed E-state index contributed by atoms with van der Waals surface area (Å²) < 4.78 is 0. The van der Waals surface area contributed by atoms with Gasteiger partial charge < -0.3 is 5.11 Å². The van der Waals surface area contributed by atoms with Gasteiger partial charge in [0.25, 0.3) is 0 Å². The summed E-state index contributed by atoms with van der Waals surface area (Å²) in [4.78, 5) is 12.6. The van der Waals surface area contributed by atoms with Crippen LogP contribution in [0.3, 0.4) is 0 Å². The highest BCUT2D eigenvalue weighted by Gasteiger charge is 2.51. The van der Waals surface area contributed by atoms with E-state index in [0.29, 0.717) is 11.1 Å². The Kier molecular flexibility index (Phi) is 2.91. The first-order valence-corrected chi connectivity index (χ1v) is 6.27. The van der Waals surface area contributed by atoms with Gasteiger partial charge in [-0.25, -0.2) is 0 Å². The lowest BCUT2D eigenvalue weighted by Crippen LogP contribution is -2.46. The molecule has 0 radical (unpaired) electrons. The van der Waals surface area contributed by atoms with Crippen LogP contribution in [0.25, 0.3) is 0 Å². The molecule has 0 heterocycles. The molecule has 0 bridgehead atoms. The molecule has 1 aliphatic carbocycles. The molecule has 0 spiro atoms. The summed E-state index contributed by atoms with van der Waals surface area (Å²) in [7, 11) is 0. The van der Waals surface area contributed by atoms with Crippen LogP contribution >= 0.6 is 11.8 Å². The molecule has 3 heteroatoms. The standard InChI is InChI=1S/C13H14O2S/c1-3-16-12-9(2)11(14)13(12,15)10-7-5-4-6-8-10/h4-8,15H,3H2,1-2H3. The van der Waals surface area contributed by atoms with Crippen molar-refractivity contribution in [2.75, 3.05) is 5.75 Å². The SMILES string of the molecule is CCSC1=C(C)C(=O)C1(O)c1ccccc1. The highest BCUT2D eigenvalue weighted by Crippen LogP contribution is 2.48. The van der Waals surface area contributed by atoms with Crippen molar-refractivity contribution < 1.29 is 9.90 Å². The van der Waals surface area contributed by atoms with Crippen LogP contribution in [-0.4, -0.2) is 16.6 Å². The molecule has 1 N–H and O–H groups in total. The fourth-order valence-corrected chi connectivity index (χ4v) is 3.00. The molecule has 1 aliphatic rings. The Hall–Kier alpha value is -1.06. The van der Waals surface area contributed by atoms with Crippen molar-refractivity contribution in [1.29, 1.82) is 0 Å². The van der Waals surface area contributed by atoms with E-state index in [2.05, 4.69) is 0 Å². The second-order valence-corrected chi connectivity index (χ2v) is 5.07. The third-order valence-corrected chi connectivity index (χ3v) is 4.00. The zero-order chi connectivity index (χ0) is 11.8. The monoisotopic (exact) mass is 234 g/mol. The van der Waals surface area contributed by atoms with E-state index in [1.165, 1.54) is 0 Å². The average molecular weight is 234 g/mol. The van der Waals surface area contributed by atoms with Crippen molar-refractivity contribution in [3.8, 4) is 0 Å². The van der Waals surface area contributed by atoms with Crippen LogP contribution in [0.5, 0.6) is 0 Å². The van der Waals surface area contributed by atoms with Crippen LogP contribution in [0.15, 0.2) is 40.8 Å². The first-order chi connectivity index (χ1) is 7.62. The molecule has 1 aromatic rings. The summed E-state index contributed by atoms with van der Waals surface area (Å²) in [6.45, 7) is 3.79. The lowest BCUT2D eigenvalue weighted by molar-refractivity contribution is -0.133. The Labute approximate surface area is 99.4 Å². The van der Waals surface area contributed by atoms with Gasteiger partial charge in [0.1, 0.15) is 0 Å². The minimum absolute atomic E-state index is 0.172.